The Morgan fingerprint density at radius 1 is 0.651 bits per heavy atom. The Kier molecular flexibility index (Phi) is 8.64. The maximum absolute atomic E-state index is 8.64. The Bertz CT molecular complexity index is 3670. The second kappa shape index (κ2) is 16.9. The second-order valence-corrected chi connectivity index (χ2v) is 16.2. The number of hydrogen-bond donors (Lipinski definition) is 0. The van der Waals surface area contributed by atoms with Crippen molar-refractivity contribution < 1.29 is 41.3 Å². The molecule has 313 valence electrons. The molecule has 0 fully saturated rings. The van der Waals surface area contributed by atoms with E-state index in [0.717, 1.165) is 66.2 Å². The summed E-state index contributed by atoms with van der Waals surface area (Å²) in [7, 11) is 0. The summed E-state index contributed by atoms with van der Waals surface area (Å²) in [6, 6.07) is 50.2. The van der Waals surface area contributed by atoms with Gasteiger partial charge >= 0.3 is 0 Å². The van der Waals surface area contributed by atoms with Crippen molar-refractivity contribution in [3.63, 3.8) is 0 Å². The zero-order valence-electron chi connectivity index (χ0n) is 44.0. The fourth-order valence-corrected chi connectivity index (χ4v) is 8.37. The minimum atomic E-state index is -2.38. The molecule has 1 radical (unpaired) electrons. The minimum absolute atomic E-state index is 0. The SMILES string of the molecule is [2H]C([2H])([2H])c1c[c-]c(-c2ccc(C([2H])([2H])[2H])cn2)cc1.[2H]C([2H])([2H])c1cccc2nc(-c3[c-]ccc4c3oc3c5ccccc5ccc43)n(-c3c(C(C)C)cc(-c4cc5ccccc5o4)cc3C(C)C)c12.[Ir]. The van der Waals surface area contributed by atoms with E-state index in [0.29, 0.717) is 39.3 Å². The van der Waals surface area contributed by atoms with E-state index in [2.05, 4.69) is 97.9 Å². The Hall–Kier alpha value is -6.59. The van der Waals surface area contributed by atoms with E-state index in [1.807, 2.05) is 48.5 Å². The predicted molar refractivity (Wildman–Crippen MR) is 256 cm³/mol. The largest absolute Gasteiger partial charge is 0.500 e. The molecule has 6 heteroatoms. The van der Waals surface area contributed by atoms with Gasteiger partial charge in [-0.2, -0.15) is 0 Å². The van der Waals surface area contributed by atoms with Crippen LogP contribution in [0.4, 0.5) is 0 Å². The summed E-state index contributed by atoms with van der Waals surface area (Å²) in [5, 5.41) is 5.12. The van der Waals surface area contributed by atoms with Gasteiger partial charge in [-0.1, -0.05) is 124 Å². The summed E-state index contributed by atoms with van der Waals surface area (Å²) in [5.41, 5.74) is 9.91. The fourth-order valence-electron chi connectivity index (χ4n) is 8.37. The predicted octanol–water partition coefficient (Wildman–Crippen LogP) is 15.7. The van der Waals surface area contributed by atoms with Crippen LogP contribution in [0.25, 0.3) is 94.4 Å². The van der Waals surface area contributed by atoms with Crippen LogP contribution in [0.5, 0.6) is 0 Å². The van der Waals surface area contributed by atoms with Crippen LogP contribution in [0.2, 0.25) is 0 Å². The molecule has 63 heavy (non-hydrogen) atoms. The Balaban J connectivity index is 0.000000257. The fraction of sp³-hybridized carbons (Fsp3) is 0.158. The molecule has 0 aliphatic carbocycles. The second-order valence-electron chi connectivity index (χ2n) is 16.2. The molecule has 0 amide bonds. The zero-order valence-corrected chi connectivity index (χ0v) is 37.4. The van der Waals surface area contributed by atoms with E-state index in [-0.39, 0.29) is 48.6 Å². The van der Waals surface area contributed by atoms with Crippen molar-refractivity contribution in [2.24, 2.45) is 0 Å². The van der Waals surface area contributed by atoms with Gasteiger partial charge in [-0.05, 0) is 89.2 Å². The monoisotopic (exact) mass is 1010 g/mol. The Morgan fingerprint density at radius 2 is 1.41 bits per heavy atom. The third-order valence-corrected chi connectivity index (χ3v) is 11.4. The minimum Gasteiger partial charge on any atom is -0.500 e. The quantitative estimate of drug-likeness (QED) is 0.156. The number of pyridine rings is 1. The van der Waals surface area contributed by atoms with Gasteiger partial charge in [-0.3, -0.25) is 4.98 Å². The van der Waals surface area contributed by atoms with Crippen molar-refractivity contribution >= 4 is 54.7 Å². The number of para-hydroxylation sites is 2. The van der Waals surface area contributed by atoms with Crippen molar-refractivity contribution in [1.82, 2.24) is 14.5 Å². The van der Waals surface area contributed by atoms with Crippen LogP contribution in [0.3, 0.4) is 0 Å². The van der Waals surface area contributed by atoms with Gasteiger partial charge in [0.05, 0.1) is 22.4 Å². The molecular weight excluding hydrogens is 951 g/mol. The molecule has 0 saturated carbocycles. The topological polar surface area (TPSA) is 57.0 Å². The number of benzene rings is 7. The van der Waals surface area contributed by atoms with Crippen molar-refractivity contribution in [2.45, 2.75) is 60.1 Å². The first-order chi connectivity index (χ1) is 33.8. The summed E-state index contributed by atoms with van der Waals surface area (Å²) in [6.07, 6.45) is 1.30. The number of fused-ring (bicyclic) bond motifs is 7. The van der Waals surface area contributed by atoms with Crippen LogP contribution < -0.4 is 0 Å². The molecule has 0 saturated heterocycles. The molecular formula is C57H47IrN3O2-2. The number of furan rings is 2. The molecule has 0 atom stereocenters. The molecule has 4 aromatic heterocycles. The van der Waals surface area contributed by atoms with E-state index in [4.69, 9.17) is 26.2 Å². The van der Waals surface area contributed by atoms with Crippen LogP contribution in [0.15, 0.2) is 155 Å². The maximum atomic E-state index is 8.64. The van der Waals surface area contributed by atoms with Crippen molar-refractivity contribution in [2.75, 3.05) is 0 Å². The van der Waals surface area contributed by atoms with E-state index < -0.39 is 20.6 Å². The molecule has 0 unspecified atom stereocenters. The average Bonchev–Trinajstić information content (AvgIpc) is 4.07. The molecule has 0 N–H and O–H groups in total. The van der Waals surface area contributed by atoms with Crippen LogP contribution in [-0.4, -0.2) is 14.5 Å². The average molecular weight is 1010 g/mol. The van der Waals surface area contributed by atoms with Gasteiger partial charge in [-0.25, -0.2) is 0 Å². The summed E-state index contributed by atoms with van der Waals surface area (Å²) < 4.78 is 84.8. The van der Waals surface area contributed by atoms with E-state index in [9.17, 15) is 0 Å². The first kappa shape index (κ1) is 32.1. The summed E-state index contributed by atoms with van der Waals surface area (Å²) in [6.45, 7) is 1.97. The third kappa shape index (κ3) is 7.58. The molecule has 0 aliphatic rings. The van der Waals surface area contributed by atoms with Gasteiger partial charge in [0, 0.05) is 66.0 Å². The number of nitrogens with zero attached hydrogens (tertiary/aromatic N) is 3. The third-order valence-electron chi connectivity index (χ3n) is 11.4. The van der Waals surface area contributed by atoms with Crippen molar-refractivity contribution in [3.05, 3.63) is 186 Å². The van der Waals surface area contributed by atoms with E-state index >= 15 is 0 Å². The first-order valence-electron chi connectivity index (χ1n) is 25.2. The number of hydrogen-bond acceptors (Lipinski definition) is 4. The van der Waals surface area contributed by atoms with Crippen molar-refractivity contribution in [3.8, 4) is 39.7 Å². The van der Waals surface area contributed by atoms with Gasteiger partial charge in [0.1, 0.15) is 16.9 Å². The molecule has 11 aromatic rings. The summed E-state index contributed by atoms with van der Waals surface area (Å²) in [5.74, 6) is 1.52. The van der Waals surface area contributed by atoms with Gasteiger partial charge in [0.15, 0.2) is 0 Å². The Morgan fingerprint density at radius 3 is 2.13 bits per heavy atom. The van der Waals surface area contributed by atoms with E-state index in [1.165, 1.54) is 24.4 Å². The number of aryl methyl sites for hydroxylation is 3. The summed E-state index contributed by atoms with van der Waals surface area (Å²) >= 11 is 0. The zero-order chi connectivity index (χ0) is 50.1. The van der Waals surface area contributed by atoms with Gasteiger partial charge in [0.2, 0.25) is 0 Å². The molecule has 5 nitrogen and oxygen atoms in total. The standard InChI is InChI=1S/C44H35N2O2.C13H12N.Ir/c1-25(2)35-22-30(39-24-29-14-7-9-19-38(29)47-39)23-36(26(3)4)41(35)46-40-27(5)12-10-18-37(40)45-44(46)34-17-11-16-32-33-21-20-28-13-6-8-15-31(28)42(33)48-43(32)34;1-10-3-6-12(7-4-10)13-8-5-11(2)9-14-13;/h6-16,18-26H,1-5H3;3-6,8-9H,1-2H3;/q2*-1;/i5D3;1D3,2D3;. The molecule has 0 aliphatic heterocycles. The van der Waals surface area contributed by atoms with Gasteiger partial charge in [0.25, 0.3) is 0 Å². The Labute approximate surface area is 394 Å². The van der Waals surface area contributed by atoms with Crippen LogP contribution in [0.1, 0.15) is 79.7 Å². The van der Waals surface area contributed by atoms with Crippen molar-refractivity contribution in [1.29, 1.82) is 0 Å². The van der Waals surface area contributed by atoms with Crippen LogP contribution in [0, 0.1) is 32.7 Å². The molecule has 0 spiro atoms. The maximum Gasteiger partial charge on any atom is 0.135 e. The van der Waals surface area contributed by atoms with Crippen LogP contribution >= 0.6 is 0 Å². The molecule has 4 heterocycles. The molecule has 0 bridgehead atoms. The number of rotatable bonds is 6. The first-order valence-corrected chi connectivity index (χ1v) is 20.7. The van der Waals surface area contributed by atoms with Gasteiger partial charge < -0.3 is 18.4 Å². The number of imidazole rings is 1. The van der Waals surface area contributed by atoms with Gasteiger partial charge in [-0.15, -0.1) is 53.6 Å². The normalized spacial score (nSPS) is 14.3. The van der Waals surface area contributed by atoms with E-state index in [1.54, 1.807) is 24.3 Å². The van der Waals surface area contributed by atoms with Crippen LogP contribution in [-0.2, 0) is 20.1 Å². The molecule has 11 rings (SSSR count). The number of aromatic nitrogens is 3. The molecule has 7 aromatic carbocycles. The summed E-state index contributed by atoms with van der Waals surface area (Å²) in [4.78, 5) is 9.30. The smallest absolute Gasteiger partial charge is 0.135 e.